The molecule has 2 bridgehead atoms. The number of benzene rings is 1. The zero-order valence-electron chi connectivity index (χ0n) is 14.0. The molecule has 4 atom stereocenters. The fraction of sp³-hybridized carbons (Fsp3) is 0.474. The van der Waals surface area contributed by atoms with Gasteiger partial charge in [-0.25, -0.2) is 0 Å². The SMILES string of the molecule is CCCCOC(=O)[C@@H]1[C@@H]2C=C[C@]3(CN(c4ccccc4Cl)C(=O)[C@H]13)O2. The number of hydrogen-bond acceptors (Lipinski definition) is 4. The predicted octanol–water partition coefficient (Wildman–Crippen LogP) is 2.97. The molecule has 2 saturated heterocycles. The Bertz CT molecular complexity index is 749. The summed E-state index contributed by atoms with van der Waals surface area (Å²) in [6.07, 6.45) is 5.19. The van der Waals surface area contributed by atoms with E-state index in [4.69, 9.17) is 21.1 Å². The number of carbonyl (C=O) groups excluding carboxylic acids is 2. The smallest absolute Gasteiger partial charge is 0.312 e. The fourth-order valence-corrected chi connectivity index (χ4v) is 4.29. The lowest BCUT2D eigenvalue weighted by Gasteiger charge is -2.22. The number of nitrogens with zero attached hydrogens (tertiary/aromatic N) is 1. The Labute approximate surface area is 151 Å². The normalized spacial score (nSPS) is 32.3. The van der Waals surface area contributed by atoms with Gasteiger partial charge in [0.25, 0.3) is 0 Å². The van der Waals surface area contributed by atoms with Crippen LogP contribution in [0.1, 0.15) is 19.8 Å². The number of rotatable bonds is 5. The minimum atomic E-state index is -0.755. The molecule has 0 aromatic heterocycles. The highest BCUT2D eigenvalue weighted by Gasteiger charge is 2.67. The molecule has 1 amide bonds. The third-order valence-electron chi connectivity index (χ3n) is 5.26. The van der Waals surface area contributed by atoms with E-state index >= 15 is 0 Å². The maximum atomic E-state index is 13.1. The van der Waals surface area contributed by atoms with Crippen LogP contribution in [0, 0.1) is 11.8 Å². The van der Waals surface area contributed by atoms with Crippen molar-refractivity contribution < 1.29 is 19.1 Å². The van der Waals surface area contributed by atoms with Gasteiger partial charge in [0.05, 0.1) is 35.9 Å². The number of anilines is 1. The molecule has 25 heavy (non-hydrogen) atoms. The second kappa shape index (κ2) is 6.15. The van der Waals surface area contributed by atoms with Crippen LogP contribution in [0.3, 0.4) is 0 Å². The lowest BCUT2D eigenvalue weighted by atomic mass is 9.77. The molecule has 1 aromatic carbocycles. The molecule has 0 unspecified atom stereocenters. The van der Waals surface area contributed by atoms with Crippen LogP contribution in [-0.4, -0.2) is 36.7 Å². The van der Waals surface area contributed by atoms with E-state index in [0.29, 0.717) is 23.9 Å². The van der Waals surface area contributed by atoms with E-state index in [2.05, 4.69) is 0 Å². The summed E-state index contributed by atoms with van der Waals surface area (Å²) < 4.78 is 11.5. The first kappa shape index (κ1) is 16.6. The number of esters is 1. The Morgan fingerprint density at radius 2 is 2.24 bits per heavy atom. The van der Waals surface area contributed by atoms with E-state index in [9.17, 15) is 9.59 Å². The molecule has 132 valence electrons. The van der Waals surface area contributed by atoms with Crippen molar-refractivity contribution in [3.05, 3.63) is 41.4 Å². The molecule has 6 heteroatoms. The maximum Gasteiger partial charge on any atom is 0.312 e. The first-order valence-corrected chi connectivity index (χ1v) is 9.05. The third kappa shape index (κ3) is 2.49. The van der Waals surface area contributed by atoms with E-state index in [-0.39, 0.29) is 18.0 Å². The van der Waals surface area contributed by atoms with Crippen molar-refractivity contribution in [1.82, 2.24) is 0 Å². The van der Waals surface area contributed by atoms with Gasteiger partial charge in [0.15, 0.2) is 0 Å². The topological polar surface area (TPSA) is 55.8 Å². The molecule has 2 fully saturated rings. The number of hydrogen-bond donors (Lipinski definition) is 0. The Hall–Kier alpha value is -1.85. The Morgan fingerprint density at radius 3 is 3.00 bits per heavy atom. The average molecular weight is 362 g/mol. The van der Waals surface area contributed by atoms with Crippen LogP contribution in [0.25, 0.3) is 0 Å². The zero-order valence-corrected chi connectivity index (χ0v) is 14.7. The maximum absolute atomic E-state index is 13.1. The molecule has 1 spiro atoms. The van der Waals surface area contributed by atoms with Gasteiger partial charge in [0, 0.05) is 0 Å². The van der Waals surface area contributed by atoms with Crippen molar-refractivity contribution in [2.24, 2.45) is 11.8 Å². The summed E-state index contributed by atoms with van der Waals surface area (Å²) in [4.78, 5) is 27.3. The van der Waals surface area contributed by atoms with Gasteiger partial charge in [-0.3, -0.25) is 9.59 Å². The van der Waals surface area contributed by atoms with Gasteiger partial charge in [-0.05, 0) is 18.6 Å². The third-order valence-corrected chi connectivity index (χ3v) is 5.58. The molecule has 0 radical (unpaired) electrons. The highest BCUT2D eigenvalue weighted by molar-refractivity contribution is 6.34. The van der Waals surface area contributed by atoms with Crippen LogP contribution < -0.4 is 4.90 Å². The van der Waals surface area contributed by atoms with Crippen LogP contribution in [0.2, 0.25) is 5.02 Å². The fourth-order valence-electron chi connectivity index (χ4n) is 4.06. The molecule has 0 N–H and O–H groups in total. The van der Waals surface area contributed by atoms with Crippen LogP contribution >= 0.6 is 11.6 Å². The van der Waals surface area contributed by atoms with Crippen molar-refractivity contribution in [3.63, 3.8) is 0 Å². The Balaban J connectivity index is 1.61. The molecule has 3 aliphatic heterocycles. The van der Waals surface area contributed by atoms with Gasteiger partial charge in [-0.2, -0.15) is 0 Å². The van der Waals surface area contributed by atoms with Crippen molar-refractivity contribution in [3.8, 4) is 0 Å². The van der Waals surface area contributed by atoms with E-state index in [1.807, 2.05) is 37.3 Å². The molecule has 4 rings (SSSR count). The second-order valence-corrected chi connectivity index (χ2v) is 7.20. The summed E-state index contributed by atoms with van der Waals surface area (Å²) in [6, 6.07) is 7.22. The highest BCUT2D eigenvalue weighted by Crippen LogP contribution is 2.53. The van der Waals surface area contributed by atoms with Crippen LogP contribution in [0.4, 0.5) is 5.69 Å². The lowest BCUT2D eigenvalue weighted by Crippen LogP contribution is -2.40. The Morgan fingerprint density at radius 1 is 1.44 bits per heavy atom. The molecule has 3 aliphatic rings. The highest BCUT2D eigenvalue weighted by atomic mass is 35.5. The summed E-state index contributed by atoms with van der Waals surface area (Å²) in [5.41, 5.74) is -0.105. The molecular weight excluding hydrogens is 342 g/mol. The zero-order chi connectivity index (χ0) is 17.6. The van der Waals surface area contributed by atoms with Crippen LogP contribution in [0.5, 0.6) is 0 Å². The van der Waals surface area contributed by atoms with Gasteiger partial charge < -0.3 is 14.4 Å². The summed E-state index contributed by atoms with van der Waals surface area (Å²) in [5.74, 6) is -1.60. The molecule has 3 heterocycles. The number of carbonyl (C=O) groups is 2. The quantitative estimate of drug-likeness (QED) is 0.459. The van der Waals surface area contributed by atoms with Crippen molar-refractivity contribution in [2.75, 3.05) is 18.1 Å². The molecule has 1 aromatic rings. The Kier molecular flexibility index (Phi) is 4.08. The number of fused-ring (bicyclic) bond motifs is 1. The lowest BCUT2D eigenvalue weighted by molar-refractivity contribution is -0.152. The first-order chi connectivity index (χ1) is 12.1. The molecular formula is C19H20ClNO4. The van der Waals surface area contributed by atoms with Gasteiger partial charge >= 0.3 is 5.97 Å². The summed E-state index contributed by atoms with van der Waals surface area (Å²) in [5, 5.41) is 0.507. The van der Waals surface area contributed by atoms with Crippen molar-refractivity contribution in [2.45, 2.75) is 31.5 Å². The van der Waals surface area contributed by atoms with Crippen LogP contribution in [-0.2, 0) is 19.1 Å². The molecule has 0 saturated carbocycles. The summed E-state index contributed by atoms with van der Waals surface area (Å²) in [6.45, 7) is 2.78. The average Bonchev–Trinajstić information content (AvgIpc) is 3.24. The van der Waals surface area contributed by atoms with Gasteiger partial charge in [0.2, 0.25) is 5.91 Å². The van der Waals surface area contributed by atoms with E-state index in [1.54, 1.807) is 11.0 Å². The monoisotopic (exact) mass is 361 g/mol. The van der Waals surface area contributed by atoms with Crippen molar-refractivity contribution >= 4 is 29.2 Å². The molecule has 5 nitrogen and oxygen atoms in total. The predicted molar refractivity (Wildman–Crippen MR) is 93.4 cm³/mol. The number of amides is 1. The van der Waals surface area contributed by atoms with Crippen LogP contribution in [0.15, 0.2) is 36.4 Å². The summed E-state index contributed by atoms with van der Waals surface area (Å²) in [7, 11) is 0. The number of unbranched alkanes of at least 4 members (excludes halogenated alkanes) is 1. The minimum Gasteiger partial charge on any atom is -0.465 e. The van der Waals surface area contributed by atoms with E-state index in [1.165, 1.54) is 0 Å². The molecule has 0 aliphatic carbocycles. The van der Waals surface area contributed by atoms with E-state index < -0.39 is 17.4 Å². The van der Waals surface area contributed by atoms with E-state index in [0.717, 1.165) is 12.8 Å². The standard InChI is InChI=1S/C19H20ClNO4/c1-2-3-10-24-18(23)15-14-8-9-19(25-14)11-21(17(22)16(15)19)13-7-5-4-6-12(13)20/h4-9,14-16H,2-3,10-11H2,1H3/t14-,15+,16-,19+/m0/s1. The number of para-hydroxylation sites is 1. The minimum absolute atomic E-state index is 0.127. The van der Waals surface area contributed by atoms with Crippen molar-refractivity contribution in [1.29, 1.82) is 0 Å². The van der Waals surface area contributed by atoms with Gasteiger partial charge in [-0.15, -0.1) is 0 Å². The largest absolute Gasteiger partial charge is 0.465 e. The van der Waals surface area contributed by atoms with Gasteiger partial charge in [0.1, 0.15) is 11.5 Å². The summed E-state index contributed by atoms with van der Waals surface area (Å²) >= 11 is 6.26. The number of ether oxygens (including phenoxy) is 2. The first-order valence-electron chi connectivity index (χ1n) is 8.67. The number of halogens is 1. The second-order valence-electron chi connectivity index (χ2n) is 6.80. The van der Waals surface area contributed by atoms with Gasteiger partial charge in [-0.1, -0.05) is 49.2 Å².